The second kappa shape index (κ2) is 13.7. The fourth-order valence-electron chi connectivity index (χ4n) is 2.11. The zero-order valence-electron chi connectivity index (χ0n) is 18.1. The molecule has 0 aliphatic rings. The maximum atomic E-state index is 10.4. The Bertz CT molecular complexity index is 1190. The summed E-state index contributed by atoms with van der Waals surface area (Å²) in [5.41, 5.74) is 2.78. The molecule has 0 saturated carbocycles. The van der Waals surface area contributed by atoms with Crippen molar-refractivity contribution in [2.24, 2.45) is 0 Å². The van der Waals surface area contributed by atoms with E-state index in [4.69, 9.17) is 0 Å². The van der Waals surface area contributed by atoms with Gasteiger partial charge >= 0.3 is 37.3 Å². The first-order chi connectivity index (χ1) is 15.0. The number of aryl methyl sites for hydroxylation is 3. The quantitative estimate of drug-likeness (QED) is 0.377. The Morgan fingerprint density at radius 1 is 0.412 bits per heavy atom. The number of rotatable bonds is 3. The third kappa shape index (κ3) is 12.4. The Balaban J connectivity index is 0.000000473. The minimum Gasteiger partial charge on any atom is -0.744 e. The molecule has 0 fully saturated rings. The summed E-state index contributed by atoms with van der Waals surface area (Å²) < 4.78 is 93.5. The molecule has 0 aliphatic heterocycles. The van der Waals surface area contributed by atoms with Gasteiger partial charge in [-0.15, -0.1) is 0 Å². The standard InChI is InChI=1S/3C7H8O3S.Er/c3*1-6-2-4-7(5-3-6)11(8,9)10;/h3*2-5H,1H3,(H,8,9,10);/q;;;+3/p-3. The number of benzene rings is 3. The molecule has 0 heterocycles. The van der Waals surface area contributed by atoms with E-state index in [0.29, 0.717) is 0 Å². The predicted molar refractivity (Wildman–Crippen MR) is 117 cm³/mol. The molecule has 0 spiro atoms. The van der Waals surface area contributed by atoms with Gasteiger partial charge in [0.05, 0.1) is 14.7 Å². The number of hydrogen-bond donors (Lipinski definition) is 0. The summed E-state index contributed by atoms with van der Waals surface area (Å²) in [6.07, 6.45) is 0. The van der Waals surface area contributed by atoms with E-state index in [1.165, 1.54) is 36.4 Å². The van der Waals surface area contributed by atoms with Crippen molar-refractivity contribution in [3.8, 4) is 0 Å². The van der Waals surface area contributed by atoms with Gasteiger partial charge in [0.25, 0.3) is 0 Å². The van der Waals surface area contributed by atoms with Crippen LogP contribution in [0.25, 0.3) is 0 Å². The van der Waals surface area contributed by atoms with Crippen molar-refractivity contribution in [2.75, 3.05) is 0 Å². The zero-order chi connectivity index (χ0) is 25.4. The van der Waals surface area contributed by atoms with Crippen molar-refractivity contribution in [1.29, 1.82) is 0 Å². The van der Waals surface area contributed by atoms with E-state index in [-0.39, 0.29) is 52.0 Å². The predicted octanol–water partition coefficient (Wildman–Crippen LogP) is 2.70. The van der Waals surface area contributed by atoms with E-state index in [1.807, 2.05) is 20.8 Å². The average Bonchev–Trinajstić information content (AvgIpc) is 2.68. The molecular formula is C21H21ErO9S3. The smallest absolute Gasteiger partial charge is 0.744 e. The van der Waals surface area contributed by atoms with Gasteiger partial charge in [0.15, 0.2) is 0 Å². The van der Waals surface area contributed by atoms with E-state index in [2.05, 4.69) is 0 Å². The molecule has 1 radical (unpaired) electrons. The third-order valence-electron chi connectivity index (χ3n) is 3.93. The molecule has 3 rings (SSSR count). The maximum Gasteiger partial charge on any atom is 3.00 e. The molecule has 0 atom stereocenters. The molecule has 0 aliphatic carbocycles. The summed E-state index contributed by atoms with van der Waals surface area (Å²) in [5.74, 6) is 0. The Morgan fingerprint density at radius 3 is 0.676 bits per heavy atom. The van der Waals surface area contributed by atoms with Gasteiger partial charge in [0, 0.05) is 0 Å². The monoisotopic (exact) mass is 679 g/mol. The molecule has 13 heteroatoms. The number of hydrogen-bond acceptors (Lipinski definition) is 9. The second-order valence-electron chi connectivity index (χ2n) is 6.80. The molecule has 0 saturated heterocycles. The van der Waals surface area contributed by atoms with Gasteiger partial charge in [0.1, 0.15) is 30.4 Å². The first-order valence-electron chi connectivity index (χ1n) is 9.08. The zero-order valence-corrected chi connectivity index (χ0v) is 22.4. The van der Waals surface area contributed by atoms with Crippen molar-refractivity contribution < 1.29 is 76.2 Å². The topological polar surface area (TPSA) is 172 Å². The normalized spacial score (nSPS) is 11.1. The minimum absolute atomic E-state index is 0. The Hall–Kier alpha value is -1.36. The minimum atomic E-state index is -4.27. The van der Waals surface area contributed by atoms with Crippen molar-refractivity contribution in [3.05, 3.63) is 89.5 Å². The molecule has 0 bridgehead atoms. The summed E-state index contributed by atoms with van der Waals surface area (Å²) in [4.78, 5) is -0.533. The molecule has 9 nitrogen and oxygen atoms in total. The van der Waals surface area contributed by atoms with Crippen LogP contribution in [0, 0.1) is 58.1 Å². The first kappa shape index (κ1) is 32.6. The van der Waals surface area contributed by atoms with Gasteiger partial charge in [0.2, 0.25) is 0 Å². The van der Waals surface area contributed by atoms with Crippen molar-refractivity contribution >= 4 is 30.4 Å². The Labute approximate surface area is 229 Å². The van der Waals surface area contributed by atoms with Crippen LogP contribution >= 0.6 is 0 Å². The van der Waals surface area contributed by atoms with Crippen molar-refractivity contribution in [3.63, 3.8) is 0 Å². The average molecular weight is 681 g/mol. The van der Waals surface area contributed by atoms with Crippen molar-refractivity contribution in [2.45, 2.75) is 35.5 Å². The molecule has 0 aromatic heterocycles. The van der Waals surface area contributed by atoms with Gasteiger partial charge in [-0.05, 0) is 57.2 Å². The van der Waals surface area contributed by atoms with Crippen LogP contribution in [-0.4, -0.2) is 38.9 Å². The fourth-order valence-corrected chi connectivity index (χ4v) is 3.52. The van der Waals surface area contributed by atoms with Crippen LogP contribution in [0.2, 0.25) is 0 Å². The van der Waals surface area contributed by atoms with E-state index in [0.717, 1.165) is 16.7 Å². The summed E-state index contributed by atoms with van der Waals surface area (Å²) in [6.45, 7) is 5.46. The van der Waals surface area contributed by atoms with E-state index >= 15 is 0 Å². The van der Waals surface area contributed by atoms with Gasteiger partial charge in [-0.3, -0.25) is 0 Å². The summed E-state index contributed by atoms with van der Waals surface area (Å²) in [6, 6.07) is 17.3. The third-order valence-corrected chi connectivity index (χ3v) is 6.48. The van der Waals surface area contributed by atoms with Crippen LogP contribution in [0.5, 0.6) is 0 Å². The summed E-state index contributed by atoms with van der Waals surface area (Å²) >= 11 is 0. The molecular weight excluding hydrogens is 660 g/mol. The largest absolute Gasteiger partial charge is 3.00 e. The van der Waals surface area contributed by atoms with Crippen LogP contribution in [0.3, 0.4) is 0 Å². The molecule has 0 N–H and O–H groups in total. The van der Waals surface area contributed by atoms with Gasteiger partial charge in [-0.25, -0.2) is 25.3 Å². The fraction of sp³-hybridized carbons (Fsp3) is 0.143. The van der Waals surface area contributed by atoms with Crippen LogP contribution in [0.15, 0.2) is 87.5 Å². The molecule has 189 valence electrons. The molecule has 3 aromatic rings. The van der Waals surface area contributed by atoms with Crippen LogP contribution in [-0.2, 0) is 30.4 Å². The van der Waals surface area contributed by atoms with Gasteiger partial charge in [-0.2, -0.15) is 0 Å². The molecule has 34 heavy (non-hydrogen) atoms. The van der Waals surface area contributed by atoms with Crippen LogP contribution < -0.4 is 0 Å². The van der Waals surface area contributed by atoms with E-state index in [9.17, 15) is 38.9 Å². The first-order valence-corrected chi connectivity index (χ1v) is 13.3. The van der Waals surface area contributed by atoms with Crippen LogP contribution in [0.4, 0.5) is 0 Å². The Morgan fingerprint density at radius 2 is 0.559 bits per heavy atom. The maximum absolute atomic E-state index is 10.4. The second-order valence-corrected chi connectivity index (χ2v) is 10.9. The van der Waals surface area contributed by atoms with E-state index < -0.39 is 30.4 Å². The summed E-state index contributed by atoms with van der Waals surface area (Å²) in [7, 11) is -12.8. The van der Waals surface area contributed by atoms with E-state index in [1.54, 1.807) is 36.4 Å². The van der Waals surface area contributed by atoms with Crippen LogP contribution in [0.1, 0.15) is 16.7 Å². The summed E-state index contributed by atoms with van der Waals surface area (Å²) in [5, 5.41) is 0. The molecule has 0 amide bonds. The SMILES string of the molecule is Cc1ccc(S(=O)(=O)[O-])cc1.Cc1ccc(S(=O)(=O)[O-])cc1.Cc1ccc(S(=O)(=O)[O-])cc1.[Er+3]. The molecule has 0 unspecified atom stereocenters. The molecule has 3 aromatic carbocycles. The van der Waals surface area contributed by atoms with Gasteiger partial charge < -0.3 is 13.7 Å². The van der Waals surface area contributed by atoms with Crippen molar-refractivity contribution in [1.82, 2.24) is 0 Å². The Kier molecular flexibility index (Phi) is 13.1. The van der Waals surface area contributed by atoms with Gasteiger partial charge in [-0.1, -0.05) is 53.1 Å².